The monoisotopic (exact) mass is 312 g/mol. The molecule has 1 N–H and O–H groups in total. The summed E-state index contributed by atoms with van der Waals surface area (Å²) in [6.07, 6.45) is 1.99. The van der Waals surface area contributed by atoms with Crippen LogP contribution in [0.1, 0.15) is 21.7 Å². The first-order valence-corrected chi connectivity index (χ1v) is 6.80. The zero-order chi connectivity index (χ0) is 16.7. The molecule has 6 heteroatoms. The van der Waals surface area contributed by atoms with E-state index in [4.69, 9.17) is 13.9 Å². The van der Waals surface area contributed by atoms with Gasteiger partial charge in [0.1, 0.15) is 11.0 Å². The maximum Gasteiger partial charge on any atom is 0.371 e. The van der Waals surface area contributed by atoms with E-state index >= 15 is 0 Å². The number of hydrogen-bond donors (Lipinski definition) is 1. The molecule has 0 radical (unpaired) electrons. The Morgan fingerprint density at radius 1 is 1.22 bits per heavy atom. The summed E-state index contributed by atoms with van der Waals surface area (Å²) in [7, 11) is 0. The van der Waals surface area contributed by atoms with Crippen LogP contribution < -0.4 is 11.1 Å². The topological polar surface area (TPSA) is 97.7 Å². The standard InChI is InChI=1S/C17H12O6/c1-3-4-9-6-10-8(2)5-13(19)23-16(10)14-11(18)7-12(17(20)21)22-15(9)14/h3,5-7H,1,4H2,2H3,(H,20,21). The Morgan fingerprint density at radius 3 is 2.61 bits per heavy atom. The van der Waals surface area contributed by atoms with Gasteiger partial charge in [-0.05, 0) is 25.0 Å². The Hall–Kier alpha value is -3.15. The molecule has 3 aromatic rings. The van der Waals surface area contributed by atoms with Crippen LogP contribution >= 0.6 is 0 Å². The normalized spacial score (nSPS) is 11.0. The van der Waals surface area contributed by atoms with Gasteiger partial charge in [0.15, 0.2) is 11.0 Å². The molecule has 2 heterocycles. The molecule has 0 aliphatic carbocycles. The summed E-state index contributed by atoms with van der Waals surface area (Å²) in [6.45, 7) is 5.38. The van der Waals surface area contributed by atoms with Crippen LogP contribution in [-0.4, -0.2) is 11.1 Å². The number of allylic oxidation sites excluding steroid dienone is 1. The van der Waals surface area contributed by atoms with Gasteiger partial charge in [-0.1, -0.05) is 6.08 Å². The third-order valence-corrected chi connectivity index (χ3v) is 3.57. The predicted molar refractivity (Wildman–Crippen MR) is 84.1 cm³/mol. The molecule has 1 aromatic carbocycles. The molecule has 0 unspecified atom stereocenters. The highest BCUT2D eigenvalue weighted by Crippen LogP contribution is 2.29. The van der Waals surface area contributed by atoms with E-state index in [0.717, 1.165) is 6.07 Å². The van der Waals surface area contributed by atoms with Gasteiger partial charge in [0.05, 0.1) is 0 Å². The second-order valence-corrected chi connectivity index (χ2v) is 5.14. The van der Waals surface area contributed by atoms with Crippen molar-refractivity contribution < 1.29 is 18.7 Å². The van der Waals surface area contributed by atoms with Crippen molar-refractivity contribution in [1.29, 1.82) is 0 Å². The minimum Gasteiger partial charge on any atom is -0.475 e. The minimum atomic E-state index is -1.35. The van der Waals surface area contributed by atoms with Crippen LogP contribution in [0.2, 0.25) is 0 Å². The first-order valence-electron chi connectivity index (χ1n) is 6.80. The lowest BCUT2D eigenvalue weighted by Gasteiger charge is -2.09. The number of carboxylic acids is 1. The molecule has 0 amide bonds. The number of hydrogen-bond acceptors (Lipinski definition) is 5. The molecular weight excluding hydrogens is 300 g/mol. The molecule has 0 spiro atoms. The third kappa shape index (κ3) is 2.34. The summed E-state index contributed by atoms with van der Waals surface area (Å²) in [5.41, 5.74) is 0.284. The van der Waals surface area contributed by atoms with Gasteiger partial charge >= 0.3 is 11.6 Å². The van der Waals surface area contributed by atoms with Crippen molar-refractivity contribution in [2.24, 2.45) is 0 Å². The van der Waals surface area contributed by atoms with Gasteiger partial charge in [-0.15, -0.1) is 6.58 Å². The summed E-state index contributed by atoms with van der Waals surface area (Å²) < 4.78 is 10.5. The number of aryl methyl sites for hydroxylation is 1. The van der Waals surface area contributed by atoms with Crippen molar-refractivity contribution in [2.75, 3.05) is 0 Å². The van der Waals surface area contributed by atoms with Crippen molar-refractivity contribution in [3.63, 3.8) is 0 Å². The highest BCUT2D eigenvalue weighted by atomic mass is 16.4. The highest BCUT2D eigenvalue weighted by Gasteiger charge is 2.18. The van der Waals surface area contributed by atoms with Crippen LogP contribution in [0, 0.1) is 6.92 Å². The zero-order valence-corrected chi connectivity index (χ0v) is 12.2. The molecule has 23 heavy (non-hydrogen) atoms. The average Bonchev–Trinajstić information content (AvgIpc) is 2.47. The van der Waals surface area contributed by atoms with Gasteiger partial charge < -0.3 is 13.9 Å². The molecule has 0 aliphatic heterocycles. The molecule has 6 nitrogen and oxygen atoms in total. The molecule has 0 fully saturated rings. The fourth-order valence-corrected chi connectivity index (χ4v) is 2.57. The van der Waals surface area contributed by atoms with Crippen LogP contribution in [0.3, 0.4) is 0 Å². The van der Waals surface area contributed by atoms with Crippen molar-refractivity contribution >= 4 is 27.9 Å². The summed E-state index contributed by atoms with van der Waals surface area (Å²) in [6, 6.07) is 3.93. The number of benzene rings is 1. The Bertz CT molecular complexity index is 1080. The Morgan fingerprint density at radius 2 is 1.96 bits per heavy atom. The second kappa shape index (κ2) is 5.24. The quantitative estimate of drug-likeness (QED) is 0.453. The molecule has 0 aliphatic rings. The molecule has 0 bridgehead atoms. The Kier molecular flexibility index (Phi) is 3.37. The van der Waals surface area contributed by atoms with Gasteiger partial charge in [0.2, 0.25) is 5.76 Å². The van der Waals surface area contributed by atoms with E-state index in [1.165, 1.54) is 6.07 Å². The first kappa shape index (κ1) is 14.8. The number of rotatable bonds is 3. The van der Waals surface area contributed by atoms with Crippen molar-refractivity contribution in [1.82, 2.24) is 0 Å². The Balaban J connectivity index is 2.63. The van der Waals surface area contributed by atoms with Gasteiger partial charge in [-0.2, -0.15) is 0 Å². The second-order valence-electron chi connectivity index (χ2n) is 5.14. The fourth-order valence-electron chi connectivity index (χ4n) is 2.57. The van der Waals surface area contributed by atoms with Crippen LogP contribution in [0.25, 0.3) is 21.9 Å². The minimum absolute atomic E-state index is 0.0603. The van der Waals surface area contributed by atoms with Crippen molar-refractivity contribution in [2.45, 2.75) is 13.3 Å². The number of carbonyl (C=O) groups is 1. The number of fused-ring (bicyclic) bond motifs is 3. The molecule has 3 rings (SSSR count). The lowest BCUT2D eigenvalue weighted by Crippen LogP contribution is -2.09. The summed E-state index contributed by atoms with van der Waals surface area (Å²) in [5.74, 6) is -1.82. The first-order chi connectivity index (χ1) is 10.9. The van der Waals surface area contributed by atoms with E-state index in [2.05, 4.69) is 6.58 Å². The summed E-state index contributed by atoms with van der Waals surface area (Å²) in [5, 5.41) is 9.73. The van der Waals surface area contributed by atoms with Crippen molar-refractivity contribution in [3.8, 4) is 0 Å². The predicted octanol–water partition coefficient (Wildman–Crippen LogP) is 2.63. The zero-order valence-electron chi connectivity index (χ0n) is 12.2. The van der Waals surface area contributed by atoms with E-state index < -0.39 is 22.8 Å². The maximum atomic E-state index is 12.4. The fraction of sp³-hybridized carbons (Fsp3) is 0.118. The van der Waals surface area contributed by atoms with E-state index in [1.54, 1.807) is 19.1 Å². The summed E-state index contributed by atoms with van der Waals surface area (Å²) >= 11 is 0. The van der Waals surface area contributed by atoms with E-state index in [9.17, 15) is 14.4 Å². The largest absolute Gasteiger partial charge is 0.475 e. The van der Waals surface area contributed by atoms with Crippen LogP contribution in [-0.2, 0) is 6.42 Å². The lowest BCUT2D eigenvalue weighted by atomic mass is 10.0. The average molecular weight is 312 g/mol. The van der Waals surface area contributed by atoms with Crippen LogP contribution in [0.15, 0.2) is 49.3 Å². The van der Waals surface area contributed by atoms with Gasteiger partial charge in [0.25, 0.3) is 0 Å². The van der Waals surface area contributed by atoms with Crippen LogP contribution in [0.5, 0.6) is 0 Å². The van der Waals surface area contributed by atoms with E-state index in [1.807, 2.05) is 0 Å². The lowest BCUT2D eigenvalue weighted by molar-refractivity contribution is 0.0663. The van der Waals surface area contributed by atoms with Gasteiger partial charge in [-0.25, -0.2) is 9.59 Å². The van der Waals surface area contributed by atoms with Crippen molar-refractivity contribution in [3.05, 3.63) is 68.4 Å². The molecule has 2 aromatic heterocycles. The molecule has 0 saturated carbocycles. The van der Waals surface area contributed by atoms with E-state index in [0.29, 0.717) is 22.9 Å². The SMILES string of the molecule is C=CCc1cc2c(C)cc(=O)oc2c2c(=O)cc(C(=O)O)oc12. The highest BCUT2D eigenvalue weighted by molar-refractivity contribution is 6.05. The third-order valence-electron chi connectivity index (χ3n) is 3.57. The van der Waals surface area contributed by atoms with Gasteiger partial charge in [-0.3, -0.25) is 4.79 Å². The number of carboxylic acid groups (broad SMARTS) is 1. The maximum absolute atomic E-state index is 12.4. The number of aromatic carboxylic acids is 1. The molecular formula is C17H12O6. The van der Waals surface area contributed by atoms with E-state index in [-0.39, 0.29) is 16.6 Å². The van der Waals surface area contributed by atoms with Crippen LogP contribution in [0.4, 0.5) is 0 Å². The molecule has 116 valence electrons. The Labute approximate surface area is 129 Å². The molecule has 0 atom stereocenters. The smallest absolute Gasteiger partial charge is 0.371 e. The van der Waals surface area contributed by atoms with Gasteiger partial charge in [0, 0.05) is 23.1 Å². The summed E-state index contributed by atoms with van der Waals surface area (Å²) in [4.78, 5) is 35.1. The molecule has 0 saturated heterocycles.